The Balaban J connectivity index is 2.41. The number of thiazole rings is 1. The summed E-state index contributed by atoms with van der Waals surface area (Å²) in [6.45, 7) is 4.01. The van der Waals surface area contributed by atoms with Crippen LogP contribution in [0.1, 0.15) is 33.2 Å². The number of hydrogen-bond donors (Lipinski definition) is 2. The van der Waals surface area contributed by atoms with Crippen LogP contribution in [-0.4, -0.2) is 28.5 Å². The first kappa shape index (κ1) is 12.6. The standard InChI is InChI=1S/C10H14N2O3S/c1-6-9(16-7(2)12-6)10(15)11-5-3-4-8(13)14/h3-5H2,1-2H3,(H,11,15)(H,13,14). The molecule has 0 aromatic carbocycles. The molecule has 0 atom stereocenters. The van der Waals surface area contributed by atoms with E-state index in [4.69, 9.17) is 5.11 Å². The van der Waals surface area contributed by atoms with Gasteiger partial charge >= 0.3 is 5.97 Å². The number of nitrogens with one attached hydrogen (secondary N) is 1. The van der Waals surface area contributed by atoms with Crippen molar-refractivity contribution in [3.63, 3.8) is 0 Å². The second-order valence-electron chi connectivity index (χ2n) is 3.40. The monoisotopic (exact) mass is 242 g/mol. The molecule has 5 nitrogen and oxygen atoms in total. The van der Waals surface area contributed by atoms with E-state index in [1.165, 1.54) is 11.3 Å². The molecule has 6 heteroatoms. The Morgan fingerprint density at radius 3 is 2.62 bits per heavy atom. The molecule has 0 radical (unpaired) electrons. The molecule has 1 rings (SSSR count). The molecule has 0 bridgehead atoms. The number of carboxylic acid groups (broad SMARTS) is 1. The fourth-order valence-electron chi connectivity index (χ4n) is 1.26. The van der Waals surface area contributed by atoms with Gasteiger partial charge in [0.05, 0.1) is 10.7 Å². The number of amides is 1. The van der Waals surface area contributed by atoms with Crippen LogP contribution in [0.4, 0.5) is 0 Å². The maximum Gasteiger partial charge on any atom is 0.303 e. The predicted molar refractivity (Wildman–Crippen MR) is 60.8 cm³/mol. The number of carbonyl (C=O) groups is 2. The van der Waals surface area contributed by atoms with E-state index in [-0.39, 0.29) is 12.3 Å². The van der Waals surface area contributed by atoms with Crippen molar-refractivity contribution in [3.05, 3.63) is 15.6 Å². The van der Waals surface area contributed by atoms with E-state index in [1.54, 1.807) is 6.92 Å². The van der Waals surface area contributed by atoms with Gasteiger partial charge in [0.15, 0.2) is 0 Å². The van der Waals surface area contributed by atoms with E-state index in [2.05, 4.69) is 10.3 Å². The lowest BCUT2D eigenvalue weighted by atomic mass is 10.3. The molecule has 0 saturated carbocycles. The largest absolute Gasteiger partial charge is 0.481 e. The summed E-state index contributed by atoms with van der Waals surface area (Å²) < 4.78 is 0. The van der Waals surface area contributed by atoms with Gasteiger partial charge in [-0.1, -0.05) is 0 Å². The second-order valence-corrected chi connectivity index (χ2v) is 4.60. The average molecular weight is 242 g/mol. The molecule has 0 fully saturated rings. The van der Waals surface area contributed by atoms with E-state index in [1.807, 2.05) is 6.92 Å². The normalized spacial score (nSPS) is 10.1. The second kappa shape index (κ2) is 5.60. The summed E-state index contributed by atoms with van der Waals surface area (Å²) in [5.41, 5.74) is 0.721. The molecular weight excluding hydrogens is 228 g/mol. The van der Waals surface area contributed by atoms with Crippen LogP contribution in [0.15, 0.2) is 0 Å². The van der Waals surface area contributed by atoms with Gasteiger partial charge in [0.25, 0.3) is 5.91 Å². The fraction of sp³-hybridized carbons (Fsp3) is 0.500. The molecule has 0 unspecified atom stereocenters. The number of aromatic nitrogens is 1. The highest BCUT2D eigenvalue weighted by molar-refractivity contribution is 7.13. The van der Waals surface area contributed by atoms with E-state index in [9.17, 15) is 9.59 Å². The minimum Gasteiger partial charge on any atom is -0.481 e. The Bertz CT molecular complexity index is 401. The first-order valence-corrected chi connectivity index (χ1v) is 5.76. The van der Waals surface area contributed by atoms with Crippen molar-refractivity contribution < 1.29 is 14.7 Å². The molecule has 88 valence electrons. The molecule has 2 N–H and O–H groups in total. The number of carbonyl (C=O) groups excluding carboxylic acids is 1. The highest BCUT2D eigenvalue weighted by Gasteiger charge is 2.12. The van der Waals surface area contributed by atoms with Crippen LogP contribution in [0.2, 0.25) is 0 Å². The molecule has 16 heavy (non-hydrogen) atoms. The third-order valence-corrected chi connectivity index (χ3v) is 3.03. The molecule has 0 aliphatic rings. The van der Waals surface area contributed by atoms with Gasteiger partial charge in [-0.15, -0.1) is 11.3 Å². The SMILES string of the molecule is Cc1nc(C)c(C(=O)NCCCC(=O)O)s1. The summed E-state index contributed by atoms with van der Waals surface area (Å²) in [5.74, 6) is -1.02. The summed E-state index contributed by atoms with van der Waals surface area (Å²) in [5, 5.41) is 12.0. The molecule has 1 heterocycles. The lowest BCUT2D eigenvalue weighted by molar-refractivity contribution is -0.137. The number of aryl methyl sites for hydroxylation is 2. The first-order valence-electron chi connectivity index (χ1n) is 4.94. The topological polar surface area (TPSA) is 79.3 Å². The molecular formula is C10H14N2O3S. The van der Waals surface area contributed by atoms with E-state index in [0.717, 1.165) is 10.7 Å². The number of hydrogen-bond acceptors (Lipinski definition) is 4. The predicted octanol–water partition coefficient (Wildman–Crippen LogP) is 1.35. The van der Waals surface area contributed by atoms with Crippen LogP contribution in [0.3, 0.4) is 0 Å². The Morgan fingerprint density at radius 1 is 1.44 bits per heavy atom. The van der Waals surface area contributed by atoms with Gasteiger partial charge in [0.2, 0.25) is 0 Å². The van der Waals surface area contributed by atoms with Crippen molar-refractivity contribution in [2.45, 2.75) is 26.7 Å². The van der Waals surface area contributed by atoms with E-state index < -0.39 is 5.97 Å². The first-order chi connectivity index (χ1) is 7.50. The van der Waals surface area contributed by atoms with Crippen LogP contribution in [0.5, 0.6) is 0 Å². The van der Waals surface area contributed by atoms with E-state index >= 15 is 0 Å². The molecule has 1 amide bonds. The minimum atomic E-state index is -0.848. The van der Waals surface area contributed by atoms with Gasteiger partial charge in [0, 0.05) is 13.0 Å². The Hall–Kier alpha value is -1.43. The molecule has 0 saturated heterocycles. The van der Waals surface area contributed by atoms with Crippen molar-refractivity contribution in [2.75, 3.05) is 6.54 Å². The maximum atomic E-state index is 11.6. The van der Waals surface area contributed by atoms with Gasteiger partial charge in [-0.25, -0.2) is 4.98 Å². The molecule has 1 aromatic rings. The summed E-state index contributed by atoms with van der Waals surface area (Å²) in [6.07, 6.45) is 0.513. The van der Waals surface area contributed by atoms with Gasteiger partial charge in [-0.3, -0.25) is 9.59 Å². The number of aliphatic carboxylic acids is 1. The number of nitrogens with zero attached hydrogens (tertiary/aromatic N) is 1. The Morgan fingerprint density at radius 2 is 2.12 bits per heavy atom. The third kappa shape index (κ3) is 3.62. The molecule has 0 aliphatic heterocycles. The highest BCUT2D eigenvalue weighted by atomic mass is 32.1. The highest BCUT2D eigenvalue weighted by Crippen LogP contribution is 2.16. The number of rotatable bonds is 5. The number of carboxylic acids is 1. The van der Waals surface area contributed by atoms with Crippen molar-refractivity contribution >= 4 is 23.2 Å². The molecule has 0 spiro atoms. The van der Waals surface area contributed by atoms with Gasteiger partial charge in [-0.05, 0) is 20.3 Å². The van der Waals surface area contributed by atoms with Crippen LogP contribution >= 0.6 is 11.3 Å². The summed E-state index contributed by atoms with van der Waals surface area (Å²) in [6, 6.07) is 0. The van der Waals surface area contributed by atoms with Gasteiger partial charge < -0.3 is 10.4 Å². The van der Waals surface area contributed by atoms with Crippen molar-refractivity contribution in [3.8, 4) is 0 Å². The quantitative estimate of drug-likeness (QED) is 0.764. The smallest absolute Gasteiger partial charge is 0.303 e. The van der Waals surface area contributed by atoms with E-state index in [0.29, 0.717) is 17.8 Å². The Kier molecular flexibility index (Phi) is 4.42. The van der Waals surface area contributed by atoms with Crippen LogP contribution in [0, 0.1) is 13.8 Å². The van der Waals surface area contributed by atoms with Gasteiger partial charge in [-0.2, -0.15) is 0 Å². The lowest BCUT2D eigenvalue weighted by Crippen LogP contribution is -2.24. The summed E-state index contributed by atoms with van der Waals surface area (Å²) >= 11 is 1.35. The van der Waals surface area contributed by atoms with Crippen LogP contribution in [-0.2, 0) is 4.79 Å². The summed E-state index contributed by atoms with van der Waals surface area (Å²) in [4.78, 5) is 26.6. The third-order valence-electron chi connectivity index (χ3n) is 1.96. The van der Waals surface area contributed by atoms with Crippen LogP contribution < -0.4 is 5.32 Å². The molecule has 0 aliphatic carbocycles. The van der Waals surface area contributed by atoms with Crippen molar-refractivity contribution in [1.82, 2.24) is 10.3 Å². The van der Waals surface area contributed by atoms with Crippen molar-refractivity contribution in [1.29, 1.82) is 0 Å². The zero-order valence-corrected chi connectivity index (χ0v) is 10.1. The zero-order chi connectivity index (χ0) is 12.1. The lowest BCUT2D eigenvalue weighted by Gasteiger charge is -2.02. The molecule has 1 aromatic heterocycles. The van der Waals surface area contributed by atoms with Crippen LogP contribution in [0.25, 0.3) is 0 Å². The average Bonchev–Trinajstić information content (AvgIpc) is 2.52. The van der Waals surface area contributed by atoms with Gasteiger partial charge in [0.1, 0.15) is 4.88 Å². The van der Waals surface area contributed by atoms with Crippen molar-refractivity contribution in [2.24, 2.45) is 0 Å². The summed E-state index contributed by atoms with van der Waals surface area (Å²) in [7, 11) is 0. The maximum absolute atomic E-state index is 11.6. The Labute approximate surface area is 97.5 Å². The fourth-order valence-corrected chi connectivity index (χ4v) is 2.10. The minimum absolute atomic E-state index is 0.0704. The zero-order valence-electron chi connectivity index (χ0n) is 9.24.